The zero-order chi connectivity index (χ0) is 12.0. The molecule has 1 saturated carbocycles. The Morgan fingerprint density at radius 1 is 0.875 bits per heavy atom. The smallest absolute Gasteiger partial charge is 0 e. The topological polar surface area (TPSA) is 0 Å². The molecule has 96 valence electrons. The molecule has 0 nitrogen and oxygen atoms in total. The van der Waals surface area contributed by atoms with Gasteiger partial charge in [0.1, 0.15) is 0 Å². The predicted octanol–water partition coefficient (Wildman–Crippen LogP) is 5.83. The van der Waals surface area contributed by atoms with Crippen LogP contribution < -0.4 is 0 Å². The van der Waals surface area contributed by atoms with Gasteiger partial charge in [0.05, 0.1) is 0 Å². The fraction of sp³-hybridized carbons (Fsp3) is 0.875. The third-order valence-electron chi connectivity index (χ3n) is 4.20. The first-order valence-electron chi connectivity index (χ1n) is 7.23. The lowest BCUT2D eigenvalue weighted by atomic mass is 9.84. The van der Waals surface area contributed by atoms with Gasteiger partial charge in [0.2, 0.25) is 0 Å². The van der Waals surface area contributed by atoms with Crippen LogP contribution in [0.15, 0.2) is 11.6 Å². The summed E-state index contributed by atoms with van der Waals surface area (Å²) in [5, 5.41) is 0. The summed E-state index contributed by atoms with van der Waals surface area (Å²) in [5.74, 6) is 2.98. The van der Waals surface area contributed by atoms with E-state index in [9.17, 15) is 0 Å². The minimum Gasteiger partial charge on any atom is -0.0853 e. The molecule has 0 amide bonds. The van der Waals surface area contributed by atoms with Gasteiger partial charge in [-0.15, -0.1) is 0 Å². The Balaban J connectivity index is 0.000000284. The number of allylic oxidation sites excluding steroid dienone is 2. The van der Waals surface area contributed by atoms with Gasteiger partial charge in [0.25, 0.3) is 0 Å². The molecule has 0 radical (unpaired) electrons. The van der Waals surface area contributed by atoms with Crippen LogP contribution in [0.25, 0.3) is 0 Å². The molecular weight excluding hydrogens is 192 g/mol. The van der Waals surface area contributed by atoms with Gasteiger partial charge in [0.15, 0.2) is 0 Å². The largest absolute Gasteiger partial charge is 0.0853 e. The molecule has 1 atom stereocenters. The minimum atomic E-state index is 0. The third kappa shape index (κ3) is 5.72. The highest BCUT2D eigenvalue weighted by molar-refractivity contribution is 5.01. The van der Waals surface area contributed by atoms with Crippen LogP contribution >= 0.6 is 0 Å². The maximum atomic E-state index is 2.37. The van der Waals surface area contributed by atoms with Crippen molar-refractivity contribution in [3.05, 3.63) is 11.6 Å². The van der Waals surface area contributed by atoms with E-state index in [1.807, 2.05) is 0 Å². The Morgan fingerprint density at radius 2 is 1.38 bits per heavy atom. The first-order chi connectivity index (χ1) is 7.58. The lowest BCUT2D eigenvalue weighted by Crippen LogP contribution is -2.08. The van der Waals surface area contributed by atoms with Gasteiger partial charge >= 0.3 is 0 Å². The molecular formula is C16H32. The summed E-state index contributed by atoms with van der Waals surface area (Å²) in [7, 11) is 0. The van der Waals surface area contributed by atoms with Crippen molar-refractivity contribution in [1.82, 2.24) is 0 Å². The molecule has 16 heavy (non-hydrogen) atoms. The number of rotatable bonds is 0. The Kier molecular flexibility index (Phi) is 6.16. The van der Waals surface area contributed by atoms with Crippen molar-refractivity contribution in [2.75, 3.05) is 0 Å². The molecule has 1 fully saturated rings. The molecule has 0 aromatic rings. The lowest BCUT2D eigenvalue weighted by Gasteiger charge is -2.22. The van der Waals surface area contributed by atoms with E-state index in [1.165, 1.54) is 44.9 Å². The molecule has 2 rings (SSSR count). The first kappa shape index (κ1) is 13.8. The van der Waals surface area contributed by atoms with Crippen molar-refractivity contribution in [3.63, 3.8) is 0 Å². The summed E-state index contributed by atoms with van der Waals surface area (Å²) >= 11 is 0. The van der Waals surface area contributed by atoms with E-state index >= 15 is 0 Å². The SMILES string of the molecule is CC1=CCC(C)CC1.CC1CCC(C)CC1.[2HH]. The van der Waals surface area contributed by atoms with Crippen LogP contribution in [0.4, 0.5) is 0 Å². The van der Waals surface area contributed by atoms with Crippen LogP contribution in [0, 0.1) is 17.8 Å². The van der Waals surface area contributed by atoms with Gasteiger partial charge in [-0.05, 0) is 43.9 Å². The average molecular weight is 225 g/mol. The molecule has 0 heteroatoms. The summed E-state index contributed by atoms with van der Waals surface area (Å²) in [6, 6.07) is 0. The second kappa shape index (κ2) is 7.14. The molecule has 0 saturated heterocycles. The molecule has 0 aliphatic heterocycles. The quantitative estimate of drug-likeness (QED) is 0.455. The van der Waals surface area contributed by atoms with E-state index < -0.39 is 0 Å². The molecule has 0 heterocycles. The molecule has 0 N–H and O–H groups in total. The maximum Gasteiger partial charge on any atom is 0 e. The summed E-state index contributed by atoms with van der Waals surface area (Å²) in [4.78, 5) is 0. The van der Waals surface area contributed by atoms with Gasteiger partial charge in [-0.25, -0.2) is 0 Å². The average Bonchev–Trinajstić information content (AvgIpc) is 2.28. The standard InChI is InChI=1S/C8H16.C8H14.H2/c2*1-7-3-5-8(2)6-4-7;/h7-8H,3-6H2,1-2H3;3,8H,4-6H2,1-2H3;1H/i;;1+1. The maximum absolute atomic E-state index is 2.37. The Hall–Kier alpha value is -0.260. The Labute approximate surface area is 104 Å². The van der Waals surface area contributed by atoms with Crippen molar-refractivity contribution in [2.24, 2.45) is 17.8 Å². The summed E-state index contributed by atoms with van der Waals surface area (Å²) in [6.07, 6.45) is 12.3. The third-order valence-corrected chi connectivity index (χ3v) is 4.20. The van der Waals surface area contributed by atoms with E-state index in [-0.39, 0.29) is 1.43 Å². The van der Waals surface area contributed by atoms with Gasteiger partial charge in [-0.3, -0.25) is 0 Å². The lowest BCUT2D eigenvalue weighted by molar-refractivity contribution is 0.308. The minimum absolute atomic E-state index is 0. The zero-order valence-corrected chi connectivity index (χ0v) is 11.8. The van der Waals surface area contributed by atoms with Crippen LogP contribution in [0.1, 0.15) is 74.1 Å². The fourth-order valence-corrected chi connectivity index (χ4v) is 2.52. The van der Waals surface area contributed by atoms with E-state index in [4.69, 9.17) is 0 Å². The molecule has 0 aromatic carbocycles. The number of hydrogen-bond donors (Lipinski definition) is 0. The van der Waals surface area contributed by atoms with Gasteiger partial charge < -0.3 is 0 Å². The van der Waals surface area contributed by atoms with Crippen LogP contribution in [0.5, 0.6) is 0 Å². The fourth-order valence-electron chi connectivity index (χ4n) is 2.52. The first-order valence-corrected chi connectivity index (χ1v) is 7.23. The van der Waals surface area contributed by atoms with Crippen LogP contribution in [0.2, 0.25) is 0 Å². The highest BCUT2D eigenvalue weighted by Crippen LogP contribution is 2.27. The highest BCUT2D eigenvalue weighted by atomic mass is 14.2. The van der Waals surface area contributed by atoms with Crippen LogP contribution in [-0.4, -0.2) is 0 Å². The Bertz CT molecular complexity index is 202. The van der Waals surface area contributed by atoms with Crippen molar-refractivity contribution in [2.45, 2.75) is 72.6 Å². The number of hydrogen-bond acceptors (Lipinski definition) is 0. The van der Waals surface area contributed by atoms with Crippen molar-refractivity contribution >= 4 is 0 Å². The van der Waals surface area contributed by atoms with Crippen molar-refractivity contribution in [3.8, 4) is 0 Å². The molecule has 2 aliphatic carbocycles. The van der Waals surface area contributed by atoms with E-state index in [1.54, 1.807) is 5.57 Å². The van der Waals surface area contributed by atoms with E-state index in [2.05, 4.69) is 33.8 Å². The van der Waals surface area contributed by atoms with Gasteiger partial charge in [-0.2, -0.15) is 0 Å². The van der Waals surface area contributed by atoms with Gasteiger partial charge in [-0.1, -0.05) is 58.1 Å². The summed E-state index contributed by atoms with van der Waals surface area (Å²) in [5.41, 5.74) is 1.59. The van der Waals surface area contributed by atoms with E-state index in [0.717, 1.165) is 17.8 Å². The normalized spacial score (nSPS) is 34.8. The van der Waals surface area contributed by atoms with Gasteiger partial charge in [0, 0.05) is 1.43 Å². The second-order valence-corrected chi connectivity index (χ2v) is 6.30. The van der Waals surface area contributed by atoms with Crippen LogP contribution in [0.3, 0.4) is 0 Å². The van der Waals surface area contributed by atoms with Crippen molar-refractivity contribution < 1.29 is 1.43 Å². The molecule has 0 aromatic heterocycles. The van der Waals surface area contributed by atoms with Crippen molar-refractivity contribution in [1.29, 1.82) is 0 Å². The van der Waals surface area contributed by atoms with Crippen LogP contribution in [-0.2, 0) is 0 Å². The Morgan fingerprint density at radius 3 is 1.69 bits per heavy atom. The molecule has 2 aliphatic rings. The molecule has 0 bridgehead atoms. The molecule has 0 spiro atoms. The summed E-state index contributed by atoms with van der Waals surface area (Å²) in [6.45, 7) is 9.28. The monoisotopic (exact) mass is 225 g/mol. The predicted molar refractivity (Wildman–Crippen MR) is 75.7 cm³/mol. The zero-order valence-electron chi connectivity index (χ0n) is 11.8. The summed E-state index contributed by atoms with van der Waals surface area (Å²) < 4.78 is 0. The van der Waals surface area contributed by atoms with E-state index in [0.29, 0.717) is 0 Å². The highest BCUT2D eigenvalue weighted by Gasteiger charge is 2.13. The molecule has 1 unspecified atom stereocenters. The second-order valence-electron chi connectivity index (χ2n) is 6.30.